The van der Waals surface area contributed by atoms with Gasteiger partial charge in [0.15, 0.2) is 0 Å². The Morgan fingerprint density at radius 1 is 0.439 bits per heavy atom. The molecule has 0 saturated heterocycles. The van der Waals surface area contributed by atoms with Gasteiger partial charge in [0.25, 0.3) is 0 Å². The number of alkyl halides is 23. The third-order valence-corrected chi connectivity index (χ3v) is 4.28. The van der Waals surface area contributed by atoms with E-state index in [0.717, 1.165) is 0 Å². The van der Waals surface area contributed by atoms with Crippen molar-refractivity contribution >= 4 is 5.97 Å². The van der Waals surface area contributed by atoms with Gasteiger partial charge >= 0.3 is 71.6 Å². The van der Waals surface area contributed by atoms with Crippen molar-refractivity contribution in [2.24, 2.45) is 0 Å². The summed E-state index contributed by atoms with van der Waals surface area (Å²) in [6.07, 6.45) is -16.1. The van der Waals surface area contributed by atoms with Crippen molar-refractivity contribution in [3.8, 4) is 0 Å². The summed E-state index contributed by atoms with van der Waals surface area (Å²) in [5.41, 5.74) is 0.176. The van der Waals surface area contributed by atoms with Gasteiger partial charge in [-0.15, -0.1) is 0 Å². The molecule has 0 bridgehead atoms. The Kier molecular flexibility index (Phi) is 10.3. The van der Waals surface area contributed by atoms with E-state index in [2.05, 4.69) is 6.58 Å². The van der Waals surface area contributed by atoms with Crippen molar-refractivity contribution in [3.05, 3.63) is 12.2 Å². The summed E-state index contributed by atoms with van der Waals surface area (Å²) in [6, 6.07) is 0. The SMILES string of the molecule is C=C(C)C(=O)O.OC(F)(C(F)(F)C(F)(F)F)C(F)(F)C(F)(F)C(F)(F)C(F)(F)C(F)(F)C(F)(F)C(F)(F)C(F)(F)F. The normalized spacial score (nSPS) is 16.9. The van der Waals surface area contributed by atoms with Crippen LogP contribution in [0.1, 0.15) is 6.92 Å². The van der Waals surface area contributed by atoms with E-state index >= 15 is 0 Å². The van der Waals surface area contributed by atoms with Gasteiger partial charge < -0.3 is 10.2 Å². The maximum absolute atomic E-state index is 13.3. The minimum absolute atomic E-state index is 0.176. The van der Waals surface area contributed by atoms with E-state index in [0.29, 0.717) is 0 Å². The molecule has 0 aromatic heterocycles. The number of carbonyl (C=O) groups is 1. The van der Waals surface area contributed by atoms with Gasteiger partial charge in [-0.1, -0.05) is 6.58 Å². The Balaban J connectivity index is 0. The molecule has 0 fully saturated rings. The number of halogens is 23. The fourth-order valence-electron chi connectivity index (χ4n) is 1.76. The van der Waals surface area contributed by atoms with Crippen molar-refractivity contribution in [1.29, 1.82) is 0 Å². The molecule has 246 valence electrons. The van der Waals surface area contributed by atoms with Crippen LogP contribution in [0.15, 0.2) is 12.2 Å². The maximum atomic E-state index is 13.3. The summed E-state index contributed by atoms with van der Waals surface area (Å²) >= 11 is 0. The summed E-state index contributed by atoms with van der Waals surface area (Å²) in [4.78, 5) is 9.60. The summed E-state index contributed by atoms with van der Waals surface area (Å²) in [6.45, 7) is 4.60. The molecule has 1 atom stereocenters. The first-order valence-electron chi connectivity index (χ1n) is 8.60. The Hall–Kier alpha value is -2.44. The zero-order valence-corrected chi connectivity index (χ0v) is 18.2. The first kappa shape index (κ1) is 40.7. The quantitative estimate of drug-likeness (QED) is 0.197. The lowest BCUT2D eigenvalue weighted by Gasteiger charge is -2.45. The predicted molar refractivity (Wildman–Crippen MR) is 80.2 cm³/mol. The first-order chi connectivity index (χ1) is 17.1. The van der Waals surface area contributed by atoms with Gasteiger partial charge in [-0.05, 0) is 6.92 Å². The summed E-state index contributed by atoms with van der Waals surface area (Å²) < 4.78 is 293. The number of carboxylic acids is 1. The molecule has 0 amide bonds. The van der Waals surface area contributed by atoms with Gasteiger partial charge in [-0.2, -0.15) is 101 Å². The average Bonchev–Trinajstić information content (AvgIpc) is 2.71. The number of aliphatic hydroxyl groups is 1. The molecule has 0 spiro atoms. The lowest BCUT2D eigenvalue weighted by atomic mass is 9.85. The fraction of sp³-hybridized carbons (Fsp3) is 0.800. The Labute approximate surface area is 208 Å². The first-order valence-corrected chi connectivity index (χ1v) is 8.60. The second kappa shape index (κ2) is 10.4. The molecule has 0 saturated carbocycles. The molecule has 1 unspecified atom stereocenters. The molecule has 0 radical (unpaired) electrons. The Bertz CT molecular complexity index is 894. The molecule has 0 aliphatic carbocycles. The zero-order valence-electron chi connectivity index (χ0n) is 18.2. The number of rotatable bonds is 9. The molecule has 2 N–H and O–H groups in total. The van der Waals surface area contributed by atoms with Crippen molar-refractivity contribution < 1.29 is 116 Å². The van der Waals surface area contributed by atoms with Crippen LogP contribution in [0.3, 0.4) is 0 Å². The highest BCUT2D eigenvalue weighted by molar-refractivity contribution is 5.84. The van der Waals surface area contributed by atoms with E-state index in [1.165, 1.54) is 6.92 Å². The third-order valence-electron chi connectivity index (χ3n) is 4.28. The van der Waals surface area contributed by atoms with Crippen LogP contribution in [0, 0.1) is 0 Å². The average molecular weight is 672 g/mol. The summed E-state index contributed by atoms with van der Waals surface area (Å²) in [5.74, 6) is -81.7. The minimum atomic E-state index is -9.39. The van der Waals surface area contributed by atoms with Crippen LogP contribution in [-0.4, -0.2) is 81.8 Å². The van der Waals surface area contributed by atoms with Gasteiger partial charge in [0.2, 0.25) is 0 Å². The van der Waals surface area contributed by atoms with Gasteiger partial charge in [-0.3, -0.25) is 0 Å². The van der Waals surface area contributed by atoms with E-state index in [1.807, 2.05) is 0 Å². The number of carboxylic acid groups (broad SMARTS) is 1. The van der Waals surface area contributed by atoms with Gasteiger partial charge in [0, 0.05) is 5.57 Å². The van der Waals surface area contributed by atoms with Crippen molar-refractivity contribution in [2.75, 3.05) is 0 Å². The standard InChI is InChI=1S/C11HF23O.C4H6O2/c12-1(13,3(16,17)5(20,21)7(24,25)10(29,30)31)2(14,15)4(18,19)6(22,23)9(28,35)8(26,27)11(32,33)34;1-3(2)4(5)6/h35H;1H2,2H3,(H,5,6). The van der Waals surface area contributed by atoms with Gasteiger partial charge in [0.1, 0.15) is 0 Å². The predicted octanol–water partition coefficient (Wildman–Crippen LogP) is 7.50. The highest BCUT2D eigenvalue weighted by Gasteiger charge is 2.98. The molecule has 26 heteroatoms. The number of aliphatic carboxylic acids is 1. The van der Waals surface area contributed by atoms with Crippen LogP contribution in [0.2, 0.25) is 0 Å². The monoisotopic (exact) mass is 672 g/mol. The molecular formula is C15H7F23O3. The lowest BCUT2D eigenvalue weighted by Crippen LogP contribution is -2.78. The number of hydrogen-bond donors (Lipinski definition) is 2. The minimum Gasteiger partial charge on any atom is -0.478 e. The van der Waals surface area contributed by atoms with Gasteiger partial charge in [0.05, 0.1) is 0 Å². The van der Waals surface area contributed by atoms with E-state index in [9.17, 15) is 106 Å². The molecule has 0 aliphatic rings. The van der Waals surface area contributed by atoms with Gasteiger partial charge in [-0.25, -0.2) is 4.79 Å². The molecule has 41 heavy (non-hydrogen) atoms. The summed E-state index contributed by atoms with van der Waals surface area (Å²) in [5, 5.41) is 15.8. The molecule has 3 nitrogen and oxygen atoms in total. The molecule has 0 rings (SSSR count). The van der Waals surface area contributed by atoms with Crippen LogP contribution in [0.4, 0.5) is 101 Å². The van der Waals surface area contributed by atoms with E-state index in [1.54, 1.807) is 0 Å². The van der Waals surface area contributed by atoms with Crippen molar-refractivity contribution in [1.82, 2.24) is 0 Å². The second-order valence-electron chi connectivity index (χ2n) is 7.30. The maximum Gasteiger partial charge on any atom is 0.460 e. The highest BCUT2D eigenvalue weighted by atomic mass is 19.4. The fourth-order valence-corrected chi connectivity index (χ4v) is 1.76. The third kappa shape index (κ3) is 5.67. The van der Waals surface area contributed by atoms with Crippen LogP contribution in [-0.2, 0) is 4.79 Å². The largest absolute Gasteiger partial charge is 0.478 e. The smallest absolute Gasteiger partial charge is 0.460 e. The van der Waals surface area contributed by atoms with Crippen LogP contribution in [0.25, 0.3) is 0 Å². The second-order valence-corrected chi connectivity index (χ2v) is 7.30. The van der Waals surface area contributed by atoms with Crippen LogP contribution in [0.5, 0.6) is 0 Å². The van der Waals surface area contributed by atoms with Crippen LogP contribution >= 0.6 is 0 Å². The van der Waals surface area contributed by atoms with E-state index in [4.69, 9.17) is 10.2 Å². The highest BCUT2D eigenvalue weighted by Crippen LogP contribution is 2.66. The van der Waals surface area contributed by atoms with Crippen LogP contribution < -0.4 is 0 Å². The van der Waals surface area contributed by atoms with Crippen molar-refractivity contribution in [3.63, 3.8) is 0 Å². The Morgan fingerprint density at radius 2 is 0.610 bits per heavy atom. The molecule has 0 heterocycles. The van der Waals surface area contributed by atoms with E-state index < -0.39 is 71.6 Å². The molecule has 0 aromatic carbocycles. The zero-order chi connectivity index (χ0) is 34.7. The summed E-state index contributed by atoms with van der Waals surface area (Å²) in [7, 11) is 0. The molecular weight excluding hydrogens is 665 g/mol. The molecule has 0 aromatic rings. The lowest BCUT2D eigenvalue weighted by molar-refractivity contribution is -0.490. The Morgan fingerprint density at radius 3 is 0.780 bits per heavy atom. The number of hydrogen-bond acceptors (Lipinski definition) is 2. The van der Waals surface area contributed by atoms with Crippen molar-refractivity contribution in [2.45, 2.75) is 72.5 Å². The molecule has 0 aliphatic heterocycles. The van der Waals surface area contributed by atoms with E-state index in [-0.39, 0.29) is 5.57 Å². The topological polar surface area (TPSA) is 57.5 Å².